The molecule has 7 aliphatic rings. The first kappa shape index (κ1) is 88.2. The van der Waals surface area contributed by atoms with Gasteiger partial charge in [-0.1, -0.05) is 102 Å². The molecule has 3 saturated carbocycles. The summed E-state index contributed by atoms with van der Waals surface area (Å²) in [5.41, 5.74) is -1.99. The number of ether oxygens (including phenoxy) is 4. The Bertz CT molecular complexity index is 4510. The van der Waals surface area contributed by atoms with Gasteiger partial charge in [-0.05, 0) is 166 Å². The first-order valence-corrected chi connectivity index (χ1v) is 43.1. The average Bonchev–Trinajstić information content (AvgIpc) is 1.02. The minimum Gasteiger partial charge on any atom is -0.507 e. The summed E-state index contributed by atoms with van der Waals surface area (Å²) in [6.07, 6.45) is 4.14. The molecular formula is C83H109N5O26P2. The monoisotopic (exact) mass is 1650 g/mol. The number of phosphoric acid groups is 2. The highest BCUT2D eigenvalue weighted by Crippen LogP contribution is 2.68. The van der Waals surface area contributed by atoms with Crippen LogP contribution in [0.2, 0.25) is 0 Å². The molecule has 4 aromatic carbocycles. The first-order chi connectivity index (χ1) is 54.7. The molecule has 6 aliphatic carbocycles. The van der Waals surface area contributed by atoms with Gasteiger partial charge in [-0.15, -0.1) is 0 Å². The van der Waals surface area contributed by atoms with Crippen molar-refractivity contribution in [3.8, 4) is 28.7 Å². The number of allylic oxidation sites excluding steroid dienone is 1. The second kappa shape index (κ2) is 36.3. The number of phenolic OH excluding ortho intramolecular Hbond substituents is 2. The van der Waals surface area contributed by atoms with Crippen molar-refractivity contribution in [1.29, 1.82) is 0 Å². The number of carbonyl (C=O) groups is 9. The molecule has 4 aromatic rings. The van der Waals surface area contributed by atoms with Crippen LogP contribution in [0, 0.1) is 46.3 Å². The van der Waals surface area contributed by atoms with Crippen LogP contribution in [0.25, 0.3) is 0 Å². The number of aromatic hydroxyl groups is 2. The van der Waals surface area contributed by atoms with Crippen molar-refractivity contribution < 1.29 is 125 Å². The summed E-state index contributed by atoms with van der Waals surface area (Å²) in [7, 11) is -8.66. The number of hydrogen-bond acceptors (Lipinski definition) is 21. The van der Waals surface area contributed by atoms with E-state index in [0.717, 1.165) is 26.2 Å². The number of amides is 5. The number of hydrogen-bond donors (Lipinski definition) is 14. The van der Waals surface area contributed by atoms with E-state index in [9.17, 15) is 97.4 Å². The van der Waals surface area contributed by atoms with Gasteiger partial charge in [0.25, 0.3) is 0 Å². The number of aliphatic carboxylic acids is 1. The Morgan fingerprint density at radius 1 is 0.707 bits per heavy atom. The third kappa shape index (κ3) is 20.2. The van der Waals surface area contributed by atoms with Gasteiger partial charge in [0, 0.05) is 74.6 Å². The number of alkyl carbamates (subject to hydrolysis) is 1. The van der Waals surface area contributed by atoms with Crippen LogP contribution in [-0.2, 0) is 71.4 Å². The lowest BCUT2D eigenvalue weighted by atomic mass is 9.47. The maximum absolute atomic E-state index is 14.9. The summed E-state index contributed by atoms with van der Waals surface area (Å²) < 4.78 is 56.5. The minimum absolute atomic E-state index is 0.0187. The Morgan fingerprint density at radius 3 is 1.97 bits per heavy atom. The van der Waals surface area contributed by atoms with Crippen molar-refractivity contribution in [3.05, 3.63) is 123 Å². The summed E-state index contributed by atoms with van der Waals surface area (Å²) in [4.78, 5) is 163. The minimum atomic E-state index is -4.99. The van der Waals surface area contributed by atoms with Crippen LogP contribution in [0.3, 0.4) is 0 Å². The summed E-state index contributed by atoms with van der Waals surface area (Å²) in [6.45, 7) is 14.5. The summed E-state index contributed by atoms with van der Waals surface area (Å²) in [6, 6.07) is 8.82. The molecule has 0 spiro atoms. The number of unbranched alkanes of at least 4 members (excludes halogenated alkanes) is 1. The fourth-order valence-corrected chi connectivity index (χ4v) is 20.3. The molecule has 14 N–H and O–H groups in total. The number of ketones is 3. The van der Waals surface area contributed by atoms with Crippen molar-refractivity contribution >= 4 is 68.7 Å². The van der Waals surface area contributed by atoms with E-state index in [4.69, 9.17) is 23.5 Å². The number of methoxy groups -OCH3 is 1. The van der Waals surface area contributed by atoms with E-state index in [-0.39, 0.29) is 107 Å². The number of phenols is 2. The van der Waals surface area contributed by atoms with Gasteiger partial charge in [-0.2, -0.15) is 0 Å². The zero-order chi connectivity index (χ0) is 84.3. The molecule has 632 valence electrons. The van der Waals surface area contributed by atoms with E-state index in [0.29, 0.717) is 53.9 Å². The van der Waals surface area contributed by atoms with Crippen molar-refractivity contribution in [3.63, 3.8) is 0 Å². The molecule has 0 aromatic heterocycles. The fourth-order valence-electron chi connectivity index (χ4n) is 19.5. The second-order valence-electron chi connectivity index (χ2n) is 33.6. The largest absolute Gasteiger partial charge is 0.524 e. The second-order valence-corrected chi connectivity index (χ2v) is 35.9. The number of carbonyl (C=O) groups excluding carboxylic acids is 8. The van der Waals surface area contributed by atoms with Crippen LogP contribution < -0.4 is 40.4 Å². The quantitative estimate of drug-likeness (QED) is 0.00805. The Morgan fingerprint density at radius 2 is 1.34 bits per heavy atom. The summed E-state index contributed by atoms with van der Waals surface area (Å²) in [5.74, 6) is -5.37. The Hall–Kier alpha value is -8.61. The van der Waals surface area contributed by atoms with Gasteiger partial charge < -0.3 is 80.1 Å². The molecule has 116 heavy (non-hydrogen) atoms. The number of phosphoric ester groups is 2. The lowest BCUT2D eigenvalue weighted by Crippen LogP contribution is -2.56. The van der Waals surface area contributed by atoms with Crippen molar-refractivity contribution in [1.82, 2.24) is 26.6 Å². The topological polar surface area (TPSA) is 485 Å². The maximum Gasteiger partial charge on any atom is 0.524 e. The van der Waals surface area contributed by atoms with Crippen LogP contribution in [0.4, 0.5) is 4.79 Å². The molecule has 0 bridgehead atoms. The molecule has 1 saturated heterocycles. The molecule has 0 radical (unpaired) electrons. The maximum atomic E-state index is 14.9. The van der Waals surface area contributed by atoms with Crippen molar-refractivity contribution in [2.45, 2.75) is 244 Å². The van der Waals surface area contributed by atoms with Crippen LogP contribution >= 0.6 is 15.6 Å². The lowest BCUT2D eigenvalue weighted by Gasteiger charge is -2.58. The highest BCUT2D eigenvalue weighted by Gasteiger charge is 2.60. The highest BCUT2D eigenvalue weighted by atomic mass is 31.2. The van der Waals surface area contributed by atoms with E-state index >= 15 is 0 Å². The van der Waals surface area contributed by atoms with Gasteiger partial charge in [-0.3, -0.25) is 53.1 Å². The molecule has 4 fully saturated rings. The van der Waals surface area contributed by atoms with E-state index in [1.165, 1.54) is 125 Å². The molecule has 1 heterocycles. The first-order valence-electron chi connectivity index (χ1n) is 40.0. The number of rotatable bonds is 33. The molecule has 17 atom stereocenters. The normalized spacial score (nSPS) is 27.1. The van der Waals surface area contributed by atoms with Gasteiger partial charge in [0.05, 0.1) is 42.0 Å². The molecule has 33 heteroatoms. The predicted molar refractivity (Wildman–Crippen MR) is 418 cm³/mol. The number of Topliss-reactive ketones (excluding diaryl/α,β-unsaturated/α-hetero) is 1. The number of aliphatic hydroxyl groups excluding tert-OH is 1. The molecular weight excluding hydrogens is 1540 g/mol. The van der Waals surface area contributed by atoms with Crippen molar-refractivity contribution in [2.24, 2.45) is 46.3 Å². The van der Waals surface area contributed by atoms with Gasteiger partial charge >= 0.3 is 27.7 Å². The molecule has 11 rings (SSSR count). The Labute approximate surface area is 673 Å². The smallest absolute Gasteiger partial charge is 0.507 e. The summed E-state index contributed by atoms with van der Waals surface area (Å²) >= 11 is 0. The van der Waals surface area contributed by atoms with Crippen LogP contribution in [0.15, 0.2) is 78.4 Å². The third-order valence-corrected chi connectivity index (χ3v) is 26.4. The average molecular weight is 1650 g/mol. The number of carboxylic acids is 1. The van der Waals surface area contributed by atoms with E-state index in [2.05, 4.69) is 71.8 Å². The summed E-state index contributed by atoms with van der Waals surface area (Å²) in [5, 5.41) is 70.6. The zero-order valence-electron chi connectivity index (χ0n) is 66.5. The van der Waals surface area contributed by atoms with Crippen LogP contribution in [0.5, 0.6) is 28.7 Å². The molecule has 31 nitrogen and oxygen atoms in total. The third-order valence-electron chi connectivity index (χ3n) is 25.5. The fraction of sp³-hybridized carbons (Fsp3) is 0.578. The van der Waals surface area contributed by atoms with Crippen LogP contribution in [-0.4, -0.2) is 166 Å². The van der Waals surface area contributed by atoms with E-state index in [1.54, 1.807) is 0 Å². The molecule has 8 unspecified atom stereocenters. The number of aliphatic hydroxyl groups is 2. The SMILES string of the molecule is COc1cccc2c1C(=O)c1c(O)c3c(c(O)c1C2=O)C[C@@](O)(C(C)=O)C[C@@H]3O[C@H]1C[C@H](NC(=O)CCC(=O)NCCCC[C@@H](NC(=O)C(Cc2ccc(OP(=O)(O)O)cc2)NC(=O)OC2CCC3(C)C(=CCC4[C@@H]3CCC3(C)C(C(C)CCCC(C)C)CC[C@@H]43)C2)C(=O)NC(Cc2ccc(OP(=O)(O)O)cc2)C(=O)O)[C@H](O)[C@H](C)O1. The lowest BCUT2D eigenvalue weighted by molar-refractivity contribution is -0.249. The predicted octanol–water partition coefficient (Wildman–Crippen LogP) is 9.24. The zero-order valence-corrected chi connectivity index (χ0v) is 68.3. The molecule has 1 aliphatic heterocycles. The van der Waals surface area contributed by atoms with E-state index < -0.39 is 171 Å². The van der Waals surface area contributed by atoms with Gasteiger partial charge in [0.1, 0.15) is 64.7 Å². The number of fused-ring (bicyclic) bond motifs is 8. The Balaban J connectivity index is 0.735. The standard InChI is InChI=1S/C83H109N5O26P2/c1-43(2)13-11-14-44(3)56-28-29-57-53-27-22-49-39-52(32-34-81(49,6)58(53)33-35-82(56,57)7)111-80(101)88-61(37-47-18-23-50(24-19-47)113-115(103,104)105)78(98)86-59(77(97)87-62(79(99)100)38-48-20-25-51(26-21-48)114-116(106,107)108)16-9-10-36-84-65(90)30-31-66(91)85-60-40-67(110-45(4)72(60)92)112-64-42-83(102,46(5)89)41-55-69(64)76(96)71-70(74(55)94)73(93)54-15-12-17-63(109-8)68(54)75(71)95/h12,15,17-26,43-45,52-53,56-62,64,67,72,92,94,96,102H,9-11,13-14,16,27-42H2,1-8H3,(H,84,90)(H,85,91)(H,86,98)(H,87,97)(H,88,101)(H,99,100)(H2,103,104,105)(H2,106,107,108)/t44?,45-,52?,53?,56?,57-,58-,59+,60-,61?,62?,64-,67-,72+,81?,82?,83-/m0/s1. The van der Waals surface area contributed by atoms with Gasteiger partial charge in [0.15, 0.2) is 17.9 Å². The van der Waals surface area contributed by atoms with Gasteiger partial charge in [-0.25, -0.2) is 18.7 Å². The highest BCUT2D eigenvalue weighted by molar-refractivity contribution is 7.47. The number of benzene rings is 4. The van der Waals surface area contributed by atoms with E-state index in [1.807, 2.05) is 0 Å². The van der Waals surface area contributed by atoms with Crippen molar-refractivity contribution in [2.75, 3.05) is 13.7 Å². The Kier molecular flexibility index (Phi) is 27.6. The number of carboxylic acid groups (broad SMARTS) is 1. The van der Waals surface area contributed by atoms with Gasteiger partial charge in [0.2, 0.25) is 29.4 Å². The number of nitrogens with one attached hydrogen (secondary N) is 5. The molecule has 5 amide bonds. The van der Waals surface area contributed by atoms with Crippen LogP contribution in [0.1, 0.15) is 224 Å².